The van der Waals surface area contributed by atoms with Gasteiger partial charge in [0.05, 0.1) is 24.9 Å². The number of Topliss-reactive ketones (excluding diaryl/α,β-unsaturated/α-hetero) is 1. The minimum Gasteiger partial charge on any atom is -0.504 e. The molecule has 0 spiro atoms. The normalized spacial score (nSPS) is 19.4. The standard InChI is InChI=1S/C28H32O6/c1-33-28-24-8-4-5-20-15-18(16-26(27(20)32)34-23-6-2-3-7-23)9-12-21(29)17-22(30)13-10-19(24)11-14-25(28)31/h11,14-16,21,23,29,31-32H,2-3,5-7,9-10,12-13,17H2,1H3. The summed E-state index contributed by atoms with van der Waals surface area (Å²) < 4.78 is 11.5. The Balaban J connectivity index is 1.73. The number of methoxy groups -OCH3 is 1. The molecule has 1 fully saturated rings. The molecule has 2 aliphatic rings. The molecule has 1 atom stereocenters. The highest BCUT2D eigenvalue weighted by Crippen LogP contribution is 2.36. The fourth-order valence-corrected chi connectivity index (χ4v) is 4.75. The monoisotopic (exact) mass is 464 g/mol. The van der Waals surface area contributed by atoms with Crippen molar-refractivity contribution in [1.82, 2.24) is 0 Å². The Hall–Kier alpha value is -3.17. The first-order valence-electron chi connectivity index (χ1n) is 12.0. The van der Waals surface area contributed by atoms with Crippen molar-refractivity contribution in [2.24, 2.45) is 0 Å². The van der Waals surface area contributed by atoms with Crippen LogP contribution in [0.2, 0.25) is 0 Å². The number of hydrogen-bond acceptors (Lipinski definition) is 6. The first-order chi connectivity index (χ1) is 16.4. The third kappa shape index (κ3) is 5.66. The Morgan fingerprint density at radius 3 is 2.56 bits per heavy atom. The smallest absolute Gasteiger partial charge is 0.176 e. The highest BCUT2D eigenvalue weighted by molar-refractivity contribution is 5.79. The second-order valence-corrected chi connectivity index (χ2v) is 9.19. The molecule has 0 saturated heterocycles. The van der Waals surface area contributed by atoms with Gasteiger partial charge in [-0.1, -0.05) is 24.0 Å². The number of hydrogen-bond donors (Lipinski definition) is 3. The second-order valence-electron chi connectivity index (χ2n) is 9.19. The van der Waals surface area contributed by atoms with Gasteiger partial charge in [-0.3, -0.25) is 4.79 Å². The number of carbonyl (C=O) groups excluding carboxylic acids is 1. The average Bonchev–Trinajstić information content (AvgIpc) is 3.32. The molecule has 2 aromatic rings. The Morgan fingerprint density at radius 2 is 1.79 bits per heavy atom. The van der Waals surface area contributed by atoms with Crippen LogP contribution in [-0.4, -0.2) is 40.4 Å². The van der Waals surface area contributed by atoms with E-state index in [0.29, 0.717) is 36.1 Å². The van der Waals surface area contributed by atoms with Crippen LogP contribution in [0, 0.1) is 11.8 Å². The third-order valence-corrected chi connectivity index (χ3v) is 6.63. The Bertz CT molecular complexity index is 1100. The van der Waals surface area contributed by atoms with Crippen LogP contribution < -0.4 is 9.47 Å². The number of aromatic hydroxyl groups is 2. The molecular formula is C28H32O6. The van der Waals surface area contributed by atoms with E-state index in [0.717, 1.165) is 36.8 Å². The quantitative estimate of drug-likeness (QED) is 0.589. The van der Waals surface area contributed by atoms with E-state index in [4.69, 9.17) is 9.47 Å². The maximum atomic E-state index is 12.5. The molecule has 34 heavy (non-hydrogen) atoms. The average molecular weight is 465 g/mol. The van der Waals surface area contributed by atoms with E-state index < -0.39 is 6.10 Å². The van der Waals surface area contributed by atoms with E-state index in [1.807, 2.05) is 12.1 Å². The minimum atomic E-state index is -0.737. The van der Waals surface area contributed by atoms with Crippen LogP contribution in [0.4, 0.5) is 0 Å². The predicted molar refractivity (Wildman–Crippen MR) is 129 cm³/mol. The largest absolute Gasteiger partial charge is 0.504 e. The molecule has 0 heterocycles. The molecule has 0 radical (unpaired) electrons. The zero-order chi connectivity index (χ0) is 24.1. The molecule has 1 saturated carbocycles. The van der Waals surface area contributed by atoms with Gasteiger partial charge < -0.3 is 24.8 Å². The maximum absolute atomic E-state index is 12.5. The summed E-state index contributed by atoms with van der Waals surface area (Å²) in [5.41, 5.74) is 2.91. The topological polar surface area (TPSA) is 96.2 Å². The molecule has 3 N–H and O–H groups in total. The number of carbonyl (C=O) groups is 1. The number of aryl methyl sites for hydroxylation is 2. The number of ether oxygens (including phenoxy) is 2. The van der Waals surface area contributed by atoms with Gasteiger partial charge in [0.2, 0.25) is 0 Å². The zero-order valence-corrected chi connectivity index (χ0v) is 19.6. The molecule has 2 bridgehead atoms. The SMILES string of the molecule is COc1c(O)ccc2c1C#CCc1cc(cc(OC3CCCC3)c1O)CCC(O)CC(=O)CC2. The fourth-order valence-electron chi connectivity index (χ4n) is 4.75. The van der Waals surface area contributed by atoms with E-state index in [9.17, 15) is 20.1 Å². The Kier molecular flexibility index (Phi) is 7.64. The van der Waals surface area contributed by atoms with Crippen molar-refractivity contribution in [1.29, 1.82) is 0 Å². The summed E-state index contributed by atoms with van der Waals surface area (Å²) >= 11 is 0. The second kappa shape index (κ2) is 10.8. The summed E-state index contributed by atoms with van der Waals surface area (Å²) in [7, 11) is 1.47. The van der Waals surface area contributed by atoms with Crippen LogP contribution in [0.15, 0.2) is 24.3 Å². The first-order valence-corrected chi connectivity index (χ1v) is 12.0. The fraction of sp³-hybridized carbons (Fsp3) is 0.464. The van der Waals surface area contributed by atoms with E-state index in [-0.39, 0.29) is 48.4 Å². The van der Waals surface area contributed by atoms with E-state index in [2.05, 4.69) is 11.8 Å². The van der Waals surface area contributed by atoms with Crippen molar-refractivity contribution in [3.8, 4) is 34.8 Å². The van der Waals surface area contributed by atoms with Gasteiger partial charge in [-0.25, -0.2) is 0 Å². The van der Waals surface area contributed by atoms with Gasteiger partial charge in [0, 0.05) is 24.8 Å². The maximum Gasteiger partial charge on any atom is 0.176 e. The van der Waals surface area contributed by atoms with Crippen molar-refractivity contribution < 1.29 is 29.6 Å². The number of aliphatic hydroxyl groups is 1. The summed E-state index contributed by atoms with van der Waals surface area (Å²) in [5.74, 6) is 6.98. The van der Waals surface area contributed by atoms with Crippen LogP contribution >= 0.6 is 0 Å². The molecule has 2 aliphatic carbocycles. The minimum absolute atomic E-state index is 0.0210. The molecule has 0 aromatic heterocycles. The lowest BCUT2D eigenvalue weighted by Gasteiger charge is -2.18. The van der Waals surface area contributed by atoms with Crippen LogP contribution in [0.5, 0.6) is 23.0 Å². The first kappa shape index (κ1) is 24.0. The van der Waals surface area contributed by atoms with Crippen LogP contribution in [0.3, 0.4) is 0 Å². The molecule has 2 aromatic carbocycles. The van der Waals surface area contributed by atoms with Gasteiger partial charge in [-0.05, 0) is 68.2 Å². The van der Waals surface area contributed by atoms with Gasteiger partial charge in [-0.15, -0.1) is 0 Å². The molecule has 1 unspecified atom stereocenters. The molecular weight excluding hydrogens is 432 g/mol. The molecule has 4 rings (SSSR count). The lowest BCUT2D eigenvalue weighted by Crippen LogP contribution is -2.15. The van der Waals surface area contributed by atoms with Gasteiger partial charge in [0.25, 0.3) is 0 Å². The predicted octanol–water partition coefficient (Wildman–Crippen LogP) is 4.22. The van der Waals surface area contributed by atoms with Crippen molar-refractivity contribution in [3.63, 3.8) is 0 Å². The summed E-state index contributed by atoms with van der Waals surface area (Å²) in [6.45, 7) is 0. The summed E-state index contributed by atoms with van der Waals surface area (Å²) in [4.78, 5) is 12.5. The molecule has 6 heteroatoms. The number of ketones is 1. The van der Waals surface area contributed by atoms with Crippen molar-refractivity contribution in [2.75, 3.05) is 7.11 Å². The summed E-state index contributed by atoms with van der Waals surface area (Å²) in [6, 6.07) is 7.01. The molecule has 0 amide bonds. The van der Waals surface area contributed by atoms with Gasteiger partial charge in [0.15, 0.2) is 23.0 Å². The van der Waals surface area contributed by atoms with E-state index in [1.54, 1.807) is 6.07 Å². The number of phenolic OH excluding ortho intramolecular Hbond substituents is 2. The van der Waals surface area contributed by atoms with Crippen molar-refractivity contribution in [3.05, 3.63) is 46.5 Å². The van der Waals surface area contributed by atoms with Gasteiger partial charge >= 0.3 is 0 Å². The number of fused-ring (bicyclic) bond motifs is 3. The number of phenols is 2. The lowest BCUT2D eigenvalue weighted by molar-refractivity contribution is -0.121. The van der Waals surface area contributed by atoms with E-state index >= 15 is 0 Å². The van der Waals surface area contributed by atoms with Crippen LogP contribution in [0.25, 0.3) is 0 Å². The highest BCUT2D eigenvalue weighted by Gasteiger charge is 2.21. The number of benzene rings is 2. The van der Waals surface area contributed by atoms with Crippen molar-refractivity contribution in [2.45, 2.75) is 76.4 Å². The summed E-state index contributed by atoms with van der Waals surface area (Å²) in [5, 5.41) is 31.6. The molecule has 6 nitrogen and oxygen atoms in total. The van der Waals surface area contributed by atoms with E-state index in [1.165, 1.54) is 13.2 Å². The van der Waals surface area contributed by atoms with Gasteiger partial charge in [0.1, 0.15) is 5.78 Å². The molecule has 0 aliphatic heterocycles. The Morgan fingerprint density at radius 1 is 1.00 bits per heavy atom. The van der Waals surface area contributed by atoms with Crippen LogP contribution in [-0.2, 0) is 24.1 Å². The van der Waals surface area contributed by atoms with Crippen LogP contribution in [0.1, 0.15) is 67.2 Å². The Labute approximate surface area is 200 Å². The third-order valence-electron chi connectivity index (χ3n) is 6.63. The van der Waals surface area contributed by atoms with Crippen molar-refractivity contribution >= 4 is 5.78 Å². The highest BCUT2D eigenvalue weighted by atomic mass is 16.5. The number of aliphatic hydroxyl groups excluding tert-OH is 1. The lowest BCUT2D eigenvalue weighted by atomic mass is 9.97. The number of rotatable bonds is 3. The summed E-state index contributed by atoms with van der Waals surface area (Å²) in [6.07, 6.45) is 5.64. The van der Waals surface area contributed by atoms with Gasteiger partial charge in [-0.2, -0.15) is 0 Å². The zero-order valence-electron chi connectivity index (χ0n) is 19.6. The molecule has 180 valence electrons.